The van der Waals surface area contributed by atoms with Crippen LogP contribution in [0, 0.1) is 5.41 Å². The predicted octanol–water partition coefficient (Wildman–Crippen LogP) is 4.15. The highest BCUT2D eigenvalue weighted by Gasteiger charge is 2.48. The highest BCUT2D eigenvalue weighted by molar-refractivity contribution is 5.43. The Balaban J connectivity index is 2.04. The van der Waals surface area contributed by atoms with E-state index in [0.717, 1.165) is 12.1 Å². The molecule has 2 heteroatoms. The fourth-order valence-corrected chi connectivity index (χ4v) is 4.53. The zero-order chi connectivity index (χ0) is 14.9. The van der Waals surface area contributed by atoms with E-state index in [1.165, 1.54) is 44.1 Å². The van der Waals surface area contributed by atoms with Crippen molar-refractivity contribution in [2.75, 3.05) is 5.73 Å². The van der Waals surface area contributed by atoms with Crippen molar-refractivity contribution >= 4 is 5.69 Å². The van der Waals surface area contributed by atoms with Gasteiger partial charge in [0.05, 0.1) is 0 Å². The molecule has 1 aromatic carbocycles. The van der Waals surface area contributed by atoms with Crippen LogP contribution in [0.3, 0.4) is 0 Å². The van der Waals surface area contributed by atoms with Gasteiger partial charge >= 0.3 is 0 Å². The number of hydrogen-bond donors (Lipinski definition) is 2. The Morgan fingerprint density at radius 2 is 1.67 bits per heavy atom. The third-order valence-electron chi connectivity index (χ3n) is 5.97. The molecule has 3 rings (SSSR count). The van der Waals surface area contributed by atoms with Gasteiger partial charge in [-0.3, -0.25) is 0 Å². The number of nitrogens with two attached hydrogens (primary N) is 2. The van der Waals surface area contributed by atoms with Crippen LogP contribution in [0.2, 0.25) is 0 Å². The topological polar surface area (TPSA) is 52.0 Å². The van der Waals surface area contributed by atoms with E-state index in [1.54, 1.807) is 0 Å². The average Bonchev–Trinajstić information content (AvgIpc) is 2.52. The highest BCUT2D eigenvalue weighted by Crippen LogP contribution is 2.55. The minimum atomic E-state index is 0.222. The summed E-state index contributed by atoms with van der Waals surface area (Å²) in [5.41, 5.74) is 14.8. The van der Waals surface area contributed by atoms with Crippen molar-refractivity contribution in [3.05, 3.63) is 42.0 Å². The maximum Gasteiger partial charge on any atom is 0.0314 e. The molecule has 0 bridgehead atoms. The maximum absolute atomic E-state index is 6.08. The van der Waals surface area contributed by atoms with Gasteiger partial charge in [-0.1, -0.05) is 50.5 Å². The van der Waals surface area contributed by atoms with Gasteiger partial charge in [-0.15, -0.1) is 0 Å². The van der Waals surface area contributed by atoms with Crippen LogP contribution >= 0.6 is 0 Å². The molecule has 114 valence electrons. The van der Waals surface area contributed by atoms with E-state index in [-0.39, 0.29) is 16.9 Å². The third kappa shape index (κ3) is 2.50. The van der Waals surface area contributed by atoms with Gasteiger partial charge in [0.15, 0.2) is 0 Å². The number of hydrogen-bond acceptors (Lipinski definition) is 2. The second kappa shape index (κ2) is 5.49. The monoisotopic (exact) mass is 284 g/mol. The number of benzene rings is 1. The quantitative estimate of drug-likeness (QED) is 0.633. The van der Waals surface area contributed by atoms with Gasteiger partial charge in [-0.05, 0) is 48.8 Å². The van der Waals surface area contributed by atoms with E-state index >= 15 is 0 Å². The first-order valence-corrected chi connectivity index (χ1v) is 8.37. The molecule has 2 atom stereocenters. The van der Waals surface area contributed by atoms with Crippen molar-refractivity contribution in [1.29, 1.82) is 0 Å². The standard InChI is InChI=1S/C19H28N2/c1-18(13-9-17(21)10-14-18)19(11-3-2-4-12-19)15-5-7-16(20)8-6-15/h5-9,13,17H,2-4,10-12,14,20-21H2,1H3. The molecule has 2 aliphatic carbocycles. The van der Waals surface area contributed by atoms with Crippen molar-refractivity contribution in [1.82, 2.24) is 0 Å². The Kier molecular flexibility index (Phi) is 3.83. The molecule has 4 N–H and O–H groups in total. The van der Waals surface area contributed by atoms with Crippen LogP contribution in [0.25, 0.3) is 0 Å². The first-order valence-electron chi connectivity index (χ1n) is 8.37. The van der Waals surface area contributed by atoms with Crippen molar-refractivity contribution in [3.8, 4) is 0 Å². The number of nitrogen functional groups attached to an aromatic ring is 1. The zero-order valence-electron chi connectivity index (χ0n) is 13.1. The van der Waals surface area contributed by atoms with Crippen LogP contribution in [-0.4, -0.2) is 6.04 Å². The Labute approximate surface area is 128 Å². The summed E-state index contributed by atoms with van der Waals surface area (Å²) in [5.74, 6) is 0. The molecule has 0 aliphatic heterocycles. The lowest BCUT2D eigenvalue weighted by molar-refractivity contribution is 0.117. The fourth-order valence-electron chi connectivity index (χ4n) is 4.53. The second-order valence-corrected chi connectivity index (χ2v) is 7.24. The van der Waals surface area contributed by atoms with E-state index in [4.69, 9.17) is 11.5 Å². The second-order valence-electron chi connectivity index (χ2n) is 7.24. The first-order chi connectivity index (χ1) is 10.1. The molecule has 2 aliphatic rings. The fraction of sp³-hybridized carbons (Fsp3) is 0.579. The SMILES string of the molecule is CC1(C2(c3ccc(N)cc3)CCCCC2)C=CC(N)CC1. The molecule has 0 saturated heterocycles. The summed E-state index contributed by atoms with van der Waals surface area (Å²) in [6.45, 7) is 2.44. The lowest BCUT2D eigenvalue weighted by Gasteiger charge is -2.52. The van der Waals surface area contributed by atoms with Crippen LogP contribution in [0.1, 0.15) is 57.4 Å². The summed E-state index contributed by atoms with van der Waals surface area (Å²) >= 11 is 0. The molecule has 1 aromatic rings. The van der Waals surface area contributed by atoms with Crippen molar-refractivity contribution < 1.29 is 0 Å². The number of anilines is 1. The van der Waals surface area contributed by atoms with Crippen molar-refractivity contribution in [3.63, 3.8) is 0 Å². The van der Waals surface area contributed by atoms with E-state index in [2.05, 4.69) is 43.3 Å². The largest absolute Gasteiger partial charge is 0.399 e. The third-order valence-corrected chi connectivity index (χ3v) is 5.97. The van der Waals surface area contributed by atoms with Gasteiger partial charge in [0.25, 0.3) is 0 Å². The van der Waals surface area contributed by atoms with Gasteiger partial charge in [0, 0.05) is 17.1 Å². The van der Waals surface area contributed by atoms with Gasteiger partial charge in [0.1, 0.15) is 0 Å². The van der Waals surface area contributed by atoms with E-state index in [1.807, 2.05) is 0 Å². The minimum absolute atomic E-state index is 0.222. The average molecular weight is 284 g/mol. The molecule has 2 unspecified atom stereocenters. The molecule has 0 amide bonds. The highest BCUT2D eigenvalue weighted by atomic mass is 14.6. The molecule has 0 heterocycles. The smallest absolute Gasteiger partial charge is 0.0314 e. The van der Waals surface area contributed by atoms with Gasteiger partial charge in [-0.2, -0.15) is 0 Å². The minimum Gasteiger partial charge on any atom is -0.399 e. The summed E-state index contributed by atoms with van der Waals surface area (Å²) < 4.78 is 0. The lowest BCUT2D eigenvalue weighted by atomic mass is 9.52. The molecule has 2 nitrogen and oxygen atoms in total. The Bertz CT molecular complexity index is 511. The Hall–Kier alpha value is -1.28. The number of allylic oxidation sites excluding steroid dienone is 1. The summed E-state index contributed by atoms with van der Waals surface area (Å²) in [5, 5.41) is 0. The summed E-state index contributed by atoms with van der Waals surface area (Å²) in [6, 6.07) is 8.88. The van der Waals surface area contributed by atoms with E-state index in [0.29, 0.717) is 0 Å². The predicted molar refractivity (Wildman–Crippen MR) is 90.1 cm³/mol. The molecule has 0 aromatic heterocycles. The van der Waals surface area contributed by atoms with Gasteiger partial charge < -0.3 is 11.5 Å². The Morgan fingerprint density at radius 1 is 1.00 bits per heavy atom. The van der Waals surface area contributed by atoms with Crippen molar-refractivity contribution in [2.45, 2.75) is 63.3 Å². The summed E-state index contributed by atoms with van der Waals surface area (Å²) in [4.78, 5) is 0. The molecule has 0 spiro atoms. The zero-order valence-corrected chi connectivity index (χ0v) is 13.1. The lowest BCUT2D eigenvalue weighted by Crippen LogP contribution is -2.46. The van der Waals surface area contributed by atoms with Crippen molar-refractivity contribution in [2.24, 2.45) is 11.1 Å². The van der Waals surface area contributed by atoms with Crippen LogP contribution in [0.5, 0.6) is 0 Å². The summed E-state index contributed by atoms with van der Waals surface area (Å²) in [6.07, 6.45) is 13.6. The molecular formula is C19H28N2. The molecule has 1 saturated carbocycles. The van der Waals surface area contributed by atoms with Crippen LogP contribution in [0.15, 0.2) is 36.4 Å². The molecule has 1 fully saturated rings. The number of rotatable bonds is 2. The van der Waals surface area contributed by atoms with Crippen LogP contribution < -0.4 is 11.5 Å². The maximum atomic E-state index is 6.08. The van der Waals surface area contributed by atoms with Gasteiger partial charge in [-0.25, -0.2) is 0 Å². The molecule has 21 heavy (non-hydrogen) atoms. The Morgan fingerprint density at radius 3 is 2.24 bits per heavy atom. The normalized spacial score (nSPS) is 32.0. The summed E-state index contributed by atoms with van der Waals surface area (Å²) in [7, 11) is 0. The molecular weight excluding hydrogens is 256 g/mol. The van der Waals surface area contributed by atoms with Crippen LogP contribution in [0.4, 0.5) is 5.69 Å². The molecule has 0 radical (unpaired) electrons. The van der Waals surface area contributed by atoms with Crippen LogP contribution in [-0.2, 0) is 5.41 Å². The van der Waals surface area contributed by atoms with Gasteiger partial charge in [0.2, 0.25) is 0 Å². The first kappa shape index (κ1) is 14.6. The van der Waals surface area contributed by atoms with E-state index in [9.17, 15) is 0 Å². The van der Waals surface area contributed by atoms with E-state index < -0.39 is 0 Å².